The molecule has 59 heavy (non-hydrogen) atoms. The third-order valence-electron chi connectivity index (χ3n) is 12.5. The first-order chi connectivity index (χ1) is 29.3. The Kier molecular flexibility index (Phi) is 6.92. The first-order valence-electron chi connectivity index (χ1n) is 20.3. The van der Waals surface area contributed by atoms with Gasteiger partial charge in [-0.25, -0.2) is 0 Å². The van der Waals surface area contributed by atoms with Gasteiger partial charge in [0, 0.05) is 53.1 Å². The van der Waals surface area contributed by atoms with Gasteiger partial charge in [0.25, 0.3) is 0 Å². The van der Waals surface area contributed by atoms with Crippen LogP contribution in [0.4, 0.5) is 0 Å². The minimum Gasteiger partial charge on any atom is -0.309 e. The lowest BCUT2D eigenvalue weighted by atomic mass is 9.91. The highest BCUT2D eigenvalue weighted by atomic mass is 32.1. The van der Waals surface area contributed by atoms with Gasteiger partial charge in [0.05, 0.1) is 22.1 Å². The van der Waals surface area contributed by atoms with E-state index in [0.29, 0.717) is 0 Å². The third-order valence-corrected chi connectivity index (χ3v) is 13.6. The SMILES string of the molecule is c1ccc(-n2c3ccccc3c3cc4c(cc32)sc2c4ccc3c2c2cc(-c4cccc(-c5cc6ccccc6c6ccccc56)c4)ccc2n3-c2ccccc2)cc1. The normalized spacial score (nSPS) is 12.1. The van der Waals surface area contributed by atoms with Crippen LogP contribution in [0.3, 0.4) is 0 Å². The zero-order valence-corrected chi connectivity index (χ0v) is 32.7. The van der Waals surface area contributed by atoms with Gasteiger partial charge in [0.2, 0.25) is 0 Å². The summed E-state index contributed by atoms with van der Waals surface area (Å²) in [5.41, 5.74) is 12.2. The maximum atomic E-state index is 2.45. The first kappa shape index (κ1) is 32.6. The number of hydrogen-bond acceptors (Lipinski definition) is 1. The molecule has 0 bridgehead atoms. The van der Waals surface area contributed by atoms with Crippen molar-refractivity contribution < 1.29 is 0 Å². The lowest BCUT2D eigenvalue weighted by molar-refractivity contribution is 1.18. The minimum absolute atomic E-state index is 1.17. The molecular weight excluding hydrogens is 733 g/mol. The van der Waals surface area contributed by atoms with Gasteiger partial charge in [-0.2, -0.15) is 0 Å². The molecule has 0 unspecified atom stereocenters. The molecule has 13 rings (SSSR count). The molecule has 0 spiro atoms. The quantitative estimate of drug-likeness (QED) is 0.158. The lowest BCUT2D eigenvalue weighted by Gasteiger charge is -2.12. The van der Waals surface area contributed by atoms with Crippen molar-refractivity contribution in [1.82, 2.24) is 9.13 Å². The van der Waals surface area contributed by atoms with Crippen molar-refractivity contribution in [2.24, 2.45) is 0 Å². The number of hydrogen-bond donors (Lipinski definition) is 0. The van der Waals surface area contributed by atoms with E-state index < -0.39 is 0 Å². The Morgan fingerprint density at radius 1 is 0.305 bits per heavy atom. The molecule has 0 fully saturated rings. The molecule has 0 atom stereocenters. The molecule has 0 radical (unpaired) electrons. The summed E-state index contributed by atoms with van der Waals surface area (Å²) >= 11 is 1.92. The Morgan fingerprint density at radius 2 is 0.932 bits per heavy atom. The Labute approximate surface area is 344 Å². The van der Waals surface area contributed by atoms with Crippen molar-refractivity contribution in [2.45, 2.75) is 0 Å². The molecule has 0 aliphatic heterocycles. The molecule has 13 aromatic rings. The van der Waals surface area contributed by atoms with E-state index in [2.05, 4.69) is 215 Å². The van der Waals surface area contributed by atoms with Gasteiger partial charge in [-0.15, -0.1) is 11.3 Å². The van der Waals surface area contributed by atoms with Crippen molar-refractivity contribution in [3.05, 3.63) is 206 Å². The van der Waals surface area contributed by atoms with Gasteiger partial charge in [0.1, 0.15) is 0 Å². The summed E-state index contributed by atoms with van der Waals surface area (Å²) < 4.78 is 7.50. The summed E-state index contributed by atoms with van der Waals surface area (Å²) in [6.07, 6.45) is 0. The van der Waals surface area contributed by atoms with Gasteiger partial charge in [-0.3, -0.25) is 0 Å². The van der Waals surface area contributed by atoms with Crippen LogP contribution in [-0.4, -0.2) is 9.13 Å². The van der Waals surface area contributed by atoms with Crippen molar-refractivity contribution >= 4 is 96.7 Å². The van der Waals surface area contributed by atoms with Crippen LogP contribution in [0.1, 0.15) is 0 Å². The third kappa shape index (κ3) is 4.80. The van der Waals surface area contributed by atoms with E-state index in [1.165, 1.54) is 119 Å². The number of aromatic nitrogens is 2. The number of thiophene rings is 1. The molecule has 0 amide bonds. The van der Waals surface area contributed by atoms with Crippen LogP contribution in [0.25, 0.3) is 119 Å². The summed E-state index contributed by atoms with van der Waals surface area (Å²) in [7, 11) is 0. The highest BCUT2D eigenvalue weighted by Crippen LogP contribution is 2.47. The number of benzene rings is 10. The summed E-state index contributed by atoms with van der Waals surface area (Å²) in [6, 6.07) is 76.1. The van der Waals surface area contributed by atoms with Crippen LogP contribution >= 0.6 is 11.3 Å². The number of nitrogens with zero attached hydrogens (tertiary/aromatic N) is 2. The first-order valence-corrected chi connectivity index (χ1v) is 21.1. The number of para-hydroxylation sites is 3. The monoisotopic (exact) mass is 766 g/mol. The maximum absolute atomic E-state index is 2.45. The number of fused-ring (bicyclic) bond motifs is 13. The Bertz CT molecular complexity index is 3830. The second kappa shape index (κ2) is 12.5. The molecule has 2 nitrogen and oxygen atoms in total. The van der Waals surface area contributed by atoms with Gasteiger partial charge in [-0.1, -0.05) is 133 Å². The smallest absolute Gasteiger partial charge is 0.0555 e. The van der Waals surface area contributed by atoms with Crippen molar-refractivity contribution in [3.8, 4) is 33.6 Å². The van der Waals surface area contributed by atoms with E-state index >= 15 is 0 Å². The zero-order chi connectivity index (χ0) is 38.6. The lowest BCUT2D eigenvalue weighted by Crippen LogP contribution is -1.93. The molecule has 0 aliphatic rings. The second-order valence-electron chi connectivity index (χ2n) is 15.7. The fourth-order valence-electron chi connectivity index (χ4n) is 9.85. The van der Waals surface area contributed by atoms with Crippen molar-refractivity contribution in [3.63, 3.8) is 0 Å². The summed E-state index contributed by atoms with van der Waals surface area (Å²) in [5, 5.41) is 12.9. The predicted molar refractivity (Wildman–Crippen MR) is 254 cm³/mol. The maximum Gasteiger partial charge on any atom is 0.0555 e. The van der Waals surface area contributed by atoms with E-state index in [1.807, 2.05) is 11.3 Å². The van der Waals surface area contributed by atoms with Gasteiger partial charge >= 0.3 is 0 Å². The molecule has 0 aliphatic carbocycles. The fraction of sp³-hybridized carbons (Fsp3) is 0. The van der Waals surface area contributed by atoms with Crippen LogP contribution in [0.5, 0.6) is 0 Å². The molecule has 0 saturated carbocycles. The van der Waals surface area contributed by atoms with Crippen LogP contribution in [0.2, 0.25) is 0 Å². The van der Waals surface area contributed by atoms with Crippen LogP contribution in [-0.2, 0) is 0 Å². The van der Waals surface area contributed by atoms with E-state index in [0.717, 1.165) is 0 Å². The molecule has 3 aromatic heterocycles. The van der Waals surface area contributed by atoms with Crippen LogP contribution in [0.15, 0.2) is 206 Å². The average molecular weight is 767 g/mol. The molecule has 10 aromatic carbocycles. The van der Waals surface area contributed by atoms with E-state index in [4.69, 9.17) is 0 Å². The van der Waals surface area contributed by atoms with Gasteiger partial charge < -0.3 is 9.13 Å². The van der Waals surface area contributed by atoms with E-state index in [-0.39, 0.29) is 0 Å². The second-order valence-corrected chi connectivity index (χ2v) is 16.7. The average Bonchev–Trinajstić information content (AvgIpc) is 3.95. The Balaban J connectivity index is 1.06. The minimum atomic E-state index is 1.17. The summed E-state index contributed by atoms with van der Waals surface area (Å²) in [6.45, 7) is 0. The summed E-state index contributed by atoms with van der Waals surface area (Å²) in [4.78, 5) is 0. The van der Waals surface area contributed by atoms with Crippen LogP contribution < -0.4 is 0 Å². The van der Waals surface area contributed by atoms with Gasteiger partial charge in [0.15, 0.2) is 0 Å². The highest BCUT2D eigenvalue weighted by Gasteiger charge is 2.21. The fourth-order valence-corrected chi connectivity index (χ4v) is 11.1. The molecular formula is C56H34N2S. The summed E-state index contributed by atoms with van der Waals surface area (Å²) in [5.74, 6) is 0. The topological polar surface area (TPSA) is 9.86 Å². The zero-order valence-electron chi connectivity index (χ0n) is 31.9. The Morgan fingerprint density at radius 3 is 1.75 bits per heavy atom. The molecule has 274 valence electrons. The van der Waals surface area contributed by atoms with Crippen LogP contribution in [0, 0.1) is 0 Å². The molecule has 0 N–H and O–H groups in total. The number of rotatable bonds is 4. The predicted octanol–water partition coefficient (Wildman–Crippen LogP) is 15.9. The van der Waals surface area contributed by atoms with E-state index in [1.54, 1.807) is 0 Å². The Hall–Kier alpha value is -7.46. The molecule has 3 heterocycles. The highest BCUT2D eigenvalue weighted by molar-refractivity contribution is 7.26. The molecule has 0 saturated heterocycles. The van der Waals surface area contributed by atoms with Crippen molar-refractivity contribution in [1.29, 1.82) is 0 Å². The van der Waals surface area contributed by atoms with Gasteiger partial charge in [-0.05, 0) is 117 Å². The molecule has 3 heteroatoms. The largest absolute Gasteiger partial charge is 0.309 e. The van der Waals surface area contributed by atoms with E-state index in [9.17, 15) is 0 Å². The standard InChI is InChI=1S/C56H34N2S/c1-3-17-39(18-4-1)57-51-28-26-36(35-15-13-16-37(30-35)46-32-38-14-7-8-21-41(38)42-22-9-10-23-43(42)46)31-49(51)55-52(57)29-27-45-48-33-47-44-24-11-12-25-50(44)58(40-19-5-2-6-20-40)53(47)34-54(48)59-56(45)55/h1-34H. The van der Waals surface area contributed by atoms with Crippen molar-refractivity contribution in [2.75, 3.05) is 0 Å².